The number of hydrogen-bond acceptors (Lipinski definition) is 3. The summed E-state index contributed by atoms with van der Waals surface area (Å²) in [6.07, 6.45) is 6.98. The smallest absolute Gasteiger partial charge is 0.0309 e. The number of nitrogens with one attached hydrogen (secondary N) is 1. The highest BCUT2D eigenvalue weighted by atomic mass is 15.3. The lowest BCUT2D eigenvalue weighted by Gasteiger charge is -2.51. The molecule has 20 heavy (non-hydrogen) atoms. The van der Waals surface area contributed by atoms with Gasteiger partial charge in [0.1, 0.15) is 0 Å². The maximum atomic E-state index is 3.90. The third kappa shape index (κ3) is 2.90. The molecule has 2 saturated heterocycles. The SMILES string of the molecule is CCC1CNC(C)(C2CC2)CN1C1CCCN(CC)C1. The van der Waals surface area contributed by atoms with Crippen LogP contribution in [0.15, 0.2) is 0 Å². The Labute approximate surface area is 125 Å². The van der Waals surface area contributed by atoms with Gasteiger partial charge in [0.05, 0.1) is 0 Å². The number of nitrogens with zero attached hydrogens (tertiary/aromatic N) is 2. The number of likely N-dealkylation sites (N-methyl/N-ethyl adjacent to an activating group) is 1. The van der Waals surface area contributed by atoms with Gasteiger partial charge < -0.3 is 10.2 Å². The Balaban J connectivity index is 1.69. The molecule has 3 unspecified atom stereocenters. The summed E-state index contributed by atoms with van der Waals surface area (Å²) in [4.78, 5) is 5.54. The van der Waals surface area contributed by atoms with Gasteiger partial charge in [0.15, 0.2) is 0 Å². The van der Waals surface area contributed by atoms with Gasteiger partial charge in [-0.2, -0.15) is 0 Å². The van der Waals surface area contributed by atoms with Crippen LogP contribution in [0, 0.1) is 5.92 Å². The van der Waals surface area contributed by atoms with Gasteiger partial charge in [0.25, 0.3) is 0 Å². The molecule has 0 aromatic carbocycles. The van der Waals surface area contributed by atoms with Crippen molar-refractivity contribution in [3.8, 4) is 0 Å². The summed E-state index contributed by atoms with van der Waals surface area (Å²) in [7, 11) is 0. The van der Waals surface area contributed by atoms with E-state index in [9.17, 15) is 0 Å². The third-order valence-electron chi connectivity index (χ3n) is 6.07. The molecule has 0 spiro atoms. The first-order valence-electron chi connectivity index (χ1n) is 8.89. The first-order valence-corrected chi connectivity index (χ1v) is 8.89. The fourth-order valence-corrected chi connectivity index (χ4v) is 4.42. The third-order valence-corrected chi connectivity index (χ3v) is 6.07. The maximum Gasteiger partial charge on any atom is 0.0309 e. The maximum absolute atomic E-state index is 3.90. The molecular weight excluding hydrogens is 246 g/mol. The van der Waals surface area contributed by atoms with Crippen molar-refractivity contribution < 1.29 is 0 Å². The minimum atomic E-state index is 0.389. The van der Waals surface area contributed by atoms with Crippen LogP contribution in [0.25, 0.3) is 0 Å². The second-order valence-electron chi connectivity index (χ2n) is 7.50. The van der Waals surface area contributed by atoms with Crippen molar-refractivity contribution in [2.75, 3.05) is 32.7 Å². The first-order chi connectivity index (χ1) is 9.66. The lowest BCUT2D eigenvalue weighted by atomic mass is 9.88. The quantitative estimate of drug-likeness (QED) is 0.852. The molecule has 3 rings (SSSR count). The number of hydrogen-bond donors (Lipinski definition) is 1. The lowest BCUT2D eigenvalue weighted by Crippen LogP contribution is -2.67. The molecule has 1 saturated carbocycles. The molecule has 3 aliphatic rings. The average Bonchev–Trinajstić information content (AvgIpc) is 3.32. The molecule has 3 atom stereocenters. The molecule has 1 aliphatic carbocycles. The van der Waals surface area contributed by atoms with Crippen LogP contribution in [0.3, 0.4) is 0 Å². The van der Waals surface area contributed by atoms with Crippen molar-refractivity contribution in [3.63, 3.8) is 0 Å². The zero-order valence-electron chi connectivity index (χ0n) is 13.7. The van der Waals surface area contributed by atoms with E-state index in [4.69, 9.17) is 0 Å². The van der Waals surface area contributed by atoms with Crippen molar-refractivity contribution in [1.82, 2.24) is 15.1 Å². The Hall–Kier alpha value is -0.120. The van der Waals surface area contributed by atoms with Crippen molar-refractivity contribution in [2.24, 2.45) is 5.92 Å². The summed E-state index contributed by atoms with van der Waals surface area (Å²) >= 11 is 0. The number of piperidine rings is 1. The first kappa shape index (κ1) is 14.8. The van der Waals surface area contributed by atoms with E-state index < -0.39 is 0 Å². The predicted molar refractivity (Wildman–Crippen MR) is 85.1 cm³/mol. The molecule has 0 bridgehead atoms. The van der Waals surface area contributed by atoms with E-state index in [0.29, 0.717) is 5.54 Å². The van der Waals surface area contributed by atoms with Gasteiger partial charge >= 0.3 is 0 Å². The Morgan fingerprint density at radius 2 is 2.00 bits per heavy atom. The highest BCUT2D eigenvalue weighted by Gasteiger charge is 2.47. The molecule has 1 N–H and O–H groups in total. The van der Waals surface area contributed by atoms with Gasteiger partial charge in [0.2, 0.25) is 0 Å². The van der Waals surface area contributed by atoms with Crippen molar-refractivity contribution in [2.45, 2.75) is 70.5 Å². The normalized spacial score (nSPS) is 41.0. The second kappa shape index (κ2) is 5.94. The zero-order chi connectivity index (χ0) is 14.2. The molecule has 3 heteroatoms. The standard InChI is InChI=1S/C17H33N3/c1-4-15-11-18-17(3,14-8-9-14)13-20(15)16-7-6-10-19(5-2)12-16/h14-16,18H,4-13H2,1-3H3. The van der Waals surface area contributed by atoms with E-state index in [0.717, 1.165) is 18.0 Å². The minimum Gasteiger partial charge on any atom is -0.308 e. The van der Waals surface area contributed by atoms with Gasteiger partial charge in [0, 0.05) is 37.3 Å². The van der Waals surface area contributed by atoms with Crippen LogP contribution in [0.5, 0.6) is 0 Å². The van der Waals surface area contributed by atoms with Gasteiger partial charge in [-0.1, -0.05) is 13.8 Å². The fraction of sp³-hybridized carbons (Fsp3) is 1.00. The van der Waals surface area contributed by atoms with E-state index in [1.54, 1.807) is 0 Å². The van der Waals surface area contributed by atoms with Crippen LogP contribution >= 0.6 is 0 Å². The largest absolute Gasteiger partial charge is 0.308 e. The summed E-state index contributed by atoms with van der Waals surface area (Å²) < 4.78 is 0. The number of likely N-dealkylation sites (tertiary alicyclic amines) is 1. The summed E-state index contributed by atoms with van der Waals surface area (Å²) in [5, 5.41) is 3.90. The van der Waals surface area contributed by atoms with Crippen LogP contribution in [0.2, 0.25) is 0 Å². The summed E-state index contributed by atoms with van der Waals surface area (Å²) in [5.41, 5.74) is 0.389. The molecule has 2 heterocycles. The highest BCUT2D eigenvalue weighted by molar-refractivity contribution is 5.05. The lowest BCUT2D eigenvalue weighted by molar-refractivity contribution is 0.00659. The Morgan fingerprint density at radius 1 is 1.20 bits per heavy atom. The van der Waals surface area contributed by atoms with Gasteiger partial charge in [-0.25, -0.2) is 0 Å². The Morgan fingerprint density at radius 3 is 2.65 bits per heavy atom. The predicted octanol–water partition coefficient (Wildman–Crippen LogP) is 2.32. The molecule has 0 radical (unpaired) electrons. The van der Waals surface area contributed by atoms with Crippen molar-refractivity contribution >= 4 is 0 Å². The molecular formula is C17H33N3. The van der Waals surface area contributed by atoms with Crippen molar-refractivity contribution in [3.05, 3.63) is 0 Å². The van der Waals surface area contributed by atoms with E-state index in [2.05, 4.69) is 35.9 Å². The molecule has 3 nitrogen and oxygen atoms in total. The van der Waals surface area contributed by atoms with Crippen LogP contribution < -0.4 is 5.32 Å². The van der Waals surface area contributed by atoms with E-state index in [-0.39, 0.29) is 0 Å². The highest BCUT2D eigenvalue weighted by Crippen LogP contribution is 2.42. The summed E-state index contributed by atoms with van der Waals surface area (Å²) in [6.45, 7) is 13.5. The van der Waals surface area contributed by atoms with Gasteiger partial charge in [-0.3, -0.25) is 4.90 Å². The molecule has 0 aromatic heterocycles. The molecule has 3 fully saturated rings. The number of rotatable bonds is 4. The topological polar surface area (TPSA) is 18.5 Å². The van der Waals surface area contributed by atoms with Crippen LogP contribution in [0.1, 0.15) is 52.9 Å². The zero-order valence-corrected chi connectivity index (χ0v) is 13.7. The van der Waals surface area contributed by atoms with Gasteiger partial charge in [-0.15, -0.1) is 0 Å². The Kier molecular flexibility index (Phi) is 4.40. The fourth-order valence-electron chi connectivity index (χ4n) is 4.42. The molecule has 2 aliphatic heterocycles. The molecule has 0 aromatic rings. The molecule has 0 amide bonds. The summed E-state index contributed by atoms with van der Waals surface area (Å²) in [6, 6.07) is 1.55. The van der Waals surface area contributed by atoms with Crippen molar-refractivity contribution in [1.29, 1.82) is 0 Å². The van der Waals surface area contributed by atoms with Crippen LogP contribution in [-0.4, -0.2) is 60.1 Å². The summed E-state index contributed by atoms with van der Waals surface area (Å²) in [5.74, 6) is 0.939. The van der Waals surface area contributed by atoms with Crippen LogP contribution in [0.4, 0.5) is 0 Å². The second-order valence-corrected chi connectivity index (χ2v) is 7.50. The molecule has 116 valence electrons. The van der Waals surface area contributed by atoms with Crippen LogP contribution in [-0.2, 0) is 0 Å². The average molecular weight is 279 g/mol. The monoisotopic (exact) mass is 279 g/mol. The van der Waals surface area contributed by atoms with Gasteiger partial charge in [-0.05, 0) is 58.0 Å². The minimum absolute atomic E-state index is 0.389. The Bertz CT molecular complexity index is 328. The van der Waals surface area contributed by atoms with E-state index in [1.807, 2.05) is 0 Å². The number of piperazine rings is 1. The van der Waals surface area contributed by atoms with E-state index >= 15 is 0 Å². The van der Waals surface area contributed by atoms with E-state index in [1.165, 1.54) is 64.8 Å².